The minimum absolute atomic E-state index is 0.0736. The van der Waals surface area contributed by atoms with E-state index in [4.69, 9.17) is 14.2 Å². The van der Waals surface area contributed by atoms with Crippen molar-refractivity contribution in [3.8, 4) is 0 Å². The van der Waals surface area contributed by atoms with Crippen LogP contribution in [0.3, 0.4) is 0 Å². The molecule has 0 bridgehead atoms. The van der Waals surface area contributed by atoms with Crippen LogP contribution in [0, 0.1) is 21.7 Å². The fraction of sp³-hybridized carbons (Fsp3) is 0.882. The molecule has 0 saturated heterocycles. The van der Waals surface area contributed by atoms with E-state index in [1.165, 1.54) is 25.7 Å². The summed E-state index contributed by atoms with van der Waals surface area (Å²) in [5.74, 6) is -0.0626. The van der Waals surface area contributed by atoms with Crippen LogP contribution in [0.2, 0.25) is 0 Å². The molecule has 1 amide bonds. The Kier molecular flexibility index (Phi) is 15.4. The van der Waals surface area contributed by atoms with Crippen molar-refractivity contribution in [2.45, 2.75) is 159 Å². The zero-order valence-corrected chi connectivity index (χ0v) is 28.6. The summed E-state index contributed by atoms with van der Waals surface area (Å²) in [6.07, 6.45) is 8.30. The maximum atomic E-state index is 13.0. The minimum atomic E-state index is -0.754. The van der Waals surface area contributed by atoms with Gasteiger partial charge in [0.25, 0.3) is 0 Å². The largest absolute Gasteiger partial charge is 0.496 e. The van der Waals surface area contributed by atoms with Crippen molar-refractivity contribution in [1.82, 2.24) is 5.32 Å². The molecule has 1 atom stereocenters. The van der Waals surface area contributed by atoms with E-state index < -0.39 is 23.7 Å². The van der Waals surface area contributed by atoms with Gasteiger partial charge in [-0.25, -0.2) is 4.79 Å². The Morgan fingerprint density at radius 2 is 1.12 bits per heavy atom. The molecule has 1 N–H and O–H groups in total. The number of nitrogens with one attached hydrogen (secondary N) is 1. The fourth-order valence-electron chi connectivity index (χ4n) is 5.77. The van der Waals surface area contributed by atoms with Gasteiger partial charge in [0.15, 0.2) is 0 Å². The molecule has 40 heavy (non-hydrogen) atoms. The van der Waals surface area contributed by atoms with Crippen molar-refractivity contribution < 1.29 is 23.8 Å². The van der Waals surface area contributed by atoms with Crippen LogP contribution in [0.1, 0.15) is 148 Å². The third-order valence-electron chi connectivity index (χ3n) is 7.05. The molecule has 0 aliphatic carbocycles. The molecule has 6 nitrogen and oxygen atoms in total. The highest BCUT2D eigenvalue weighted by molar-refractivity contribution is 5.73. The lowest BCUT2D eigenvalue weighted by molar-refractivity contribution is -0.148. The zero-order valence-electron chi connectivity index (χ0n) is 28.6. The number of rotatable bonds is 19. The monoisotopic (exact) mass is 567 g/mol. The second-order valence-corrected chi connectivity index (χ2v) is 16.0. The lowest BCUT2D eigenvalue weighted by Crippen LogP contribution is -2.42. The summed E-state index contributed by atoms with van der Waals surface area (Å²) in [6.45, 7) is 32.5. The van der Waals surface area contributed by atoms with Crippen LogP contribution in [-0.4, -0.2) is 36.9 Å². The Balaban J connectivity index is 5.36. The number of carbonyl (C=O) groups excluding carboxylic acids is 2. The molecule has 0 aliphatic rings. The van der Waals surface area contributed by atoms with Gasteiger partial charge in [-0.15, -0.1) is 0 Å². The third kappa shape index (κ3) is 18.6. The highest BCUT2D eigenvalue weighted by Crippen LogP contribution is 2.39. The summed E-state index contributed by atoms with van der Waals surface area (Å²) in [4.78, 5) is 25.6. The van der Waals surface area contributed by atoms with Crippen LogP contribution in [0.5, 0.6) is 0 Å². The van der Waals surface area contributed by atoms with E-state index >= 15 is 0 Å². The highest BCUT2D eigenvalue weighted by atomic mass is 16.6. The van der Waals surface area contributed by atoms with Crippen molar-refractivity contribution in [3.05, 3.63) is 12.3 Å². The number of esters is 1. The van der Waals surface area contributed by atoms with Gasteiger partial charge in [-0.05, 0) is 68.1 Å². The molecule has 0 unspecified atom stereocenters. The molecule has 0 aliphatic heterocycles. The predicted molar refractivity (Wildman–Crippen MR) is 167 cm³/mol. The average molecular weight is 568 g/mol. The molecule has 0 aromatic heterocycles. The molecule has 0 radical (unpaired) electrons. The van der Waals surface area contributed by atoms with Gasteiger partial charge in [0.2, 0.25) is 0 Å². The number of unbranched alkanes of at least 4 members (excludes halogenated alkanes) is 2. The highest BCUT2D eigenvalue weighted by Gasteiger charge is 2.33. The molecule has 0 aromatic rings. The van der Waals surface area contributed by atoms with Crippen molar-refractivity contribution in [1.29, 1.82) is 0 Å². The van der Waals surface area contributed by atoms with Crippen molar-refractivity contribution in [2.75, 3.05) is 13.2 Å². The van der Waals surface area contributed by atoms with E-state index in [2.05, 4.69) is 81.1 Å². The fourth-order valence-corrected chi connectivity index (χ4v) is 5.77. The summed E-state index contributed by atoms with van der Waals surface area (Å²) in [5, 5.41) is 2.79. The first-order valence-corrected chi connectivity index (χ1v) is 15.5. The number of hydrogen-bond acceptors (Lipinski definition) is 5. The van der Waals surface area contributed by atoms with Gasteiger partial charge in [-0.2, -0.15) is 0 Å². The summed E-state index contributed by atoms with van der Waals surface area (Å²) in [7, 11) is 0. The van der Waals surface area contributed by atoms with Gasteiger partial charge in [0, 0.05) is 0 Å². The minimum Gasteiger partial charge on any atom is -0.496 e. The number of alkyl carbamates (subject to hydrolysis) is 1. The lowest BCUT2D eigenvalue weighted by Gasteiger charge is -2.36. The molecule has 0 spiro atoms. The van der Waals surface area contributed by atoms with E-state index in [-0.39, 0.29) is 28.1 Å². The third-order valence-corrected chi connectivity index (χ3v) is 7.05. The standard InChI is InChI=1S/C34H65NO5/c1-15-17-19-31(7,8)22-33(11,12)24-38-26(3)27(35-29(37)40-30(4,5)6)21-28(36)39-25-34(13,14)23-32(9,10)20-18-16-2/h27H,3,15-25H2,1-2,4-14H3,(H,35,37)/t27-/m1/s1. The predicted octanol–water partition coefficient (Wildman–Crippen LogP) is 9.61. The van der Waals surface area contributed by atoms with Crippen LogP contribution in [0.4, 0.5) is 4.79 Å². The second kappa shape index (κ2) is 16.1. The Labute approximate surface area is 247 Å². The maximum Gasteiger partial charge on any atom is 0.408 e. The van der Waals surface area contributed by atoms with E-state index in [0.717, 1.165) is 25.7 Å². The molecular weight excluding hydrogens is 502 g/mol. The van der Waals surface area contributed by atoms with Crippen molar-refractivity contribution >= 4 is 12.1 Å². The second-order valence-electron chi connectivity index (χ2n) is 16.0. The van der Waals surface area contributed by atoms with Gasteiger partial charge < -0.3 is 19.5 Å². The van der Waals surface area contributed by atoms with E-state index in [1.807, 2.05) is 0 Å². The molecular formula is C34H65NO5. The zero-order chi connectivity index (χ0) is 31.4. The molecule has 6 heteroatoms. The first-order chi connectivity index (χ1) is 18.0. The SMILES string of the molecule is C=C(OCC(C)(C)CC(C)(C)CCCC)[C@@H](CC(=O)OCC(C)(C)CC(C)(C)CCCC)NC(=O)OC(C)(C)C. The van der Waals surface area contributed by atoms with E-state index in [0.29, 0.717) is 19.0 Å². The van der Waals surface area contributed by atoms with Crippen molar-refractivity contribution in [2.24, 2.45) is 21.7 Å². The normalized spacial score (nSPS) is 13.9. The number of carbonyl (C=O) groups is 2. The Morgan fingerprint density at radius 3 is 1.52 bits per heavy atom. The molecule has 0 rings (SSSR count). The van der Waals surface area contributed by atoms with E-state index in [1.54, 1.807) is 20.8 Å². The molecule has 0 fully saturated rings. The molecule has 236 valence electrons. The first-order valence-electron chi connectivity index (χ1n) is 15.5. The van der Waals surface area contributed by atoms with Crippen LogP contribution in [0.15, 0.2) is 12.3 Å². The van der Waals surface area contributed by atoms with Crippen LogP contribution < -0.4 is 5.32 Å². The van der Waals surface area contributed by atoms with Crippen LogP contribution in [0.25, 0.3) is 0 Å². The summed E-state index contributed by atoms with van der Waals surface area (Å²) >= 11 is 0. The Hall–Kier alpha value is -1.72. The topological polar surface area (TPSA) is 73.9 Å². The number of amides is 1. The summed E-state index contributed by atoms with van der Waals surface area (Å²) < 4.78 is 17.3. The van der Waals surface area contributed by atoms with Crippen LogP contribution >= 0.6 is 0 Å². The Bertz CT molecular complexity index is 789. The van der Waals surface area contributed by atoms with Crippen molar-refractivity contribution in [3.63, 3.8) is 0 Å². The number of ether oxygens (including phenoxy) is 3. The van der Waals surface area contributed by atoms with Crippen LogP contribution in [-0.2, 0) is 19.0 Å². The first kappa shape index (κ1) is 38.3. The molecule has 0 aromatic carbocycles. The Morgan fingerprint density at radius 1 is 0.700 bits per heavy atom. The summed E-state index contributed by atoms with van der Waals surface area (Å²) in [5.41, 5.74) is -0.570. The summed E-state index contributed by atoms with van der Waals surface area (Å²) in [6, 6.07) is -0.754. The van der Waals surface area contributed by atoms with Gasteiger partial charge in [0.05, 0.1) is 25.7 Å². The van der Waals surface area contributed by atoms with E-state index in [9.17, 15) is 9.59 Å². The van der Waals surface area contributed by atoms with Gasteiger partial charge in [0.1, 0.15) is 11.4 Å². The smallest absolute Gasteiger partial charge is 0.408 e. The lowest BCUT2D eigenvalue weighted by atomic mass is 9.73. The molecule has 0 saturated carbocycles. The number of hydrogen-bond donors (Lipinski definition) is 1. The average Bonchev–Trinajstić information content (AvgIpc) is 2.75. The maximum absolute atomic E-state index is 13.0. The molecule has 0 heterocycles. The van der Waals surface area contributed by atoms with Gasteiger partial charge in [-0.3, -0.25) is 4.79 Å². The van der Waals surface area contributed by atoms with Gasteiger partial charge >= 0.3 is 12.1 Å². The quantitative estimate of drug-likeness (QED) is 0.124. The van der Waals surface area contributed by atoms with Gasteiger partial charge in [-0.1, -0.05) is 101 Å².